The largest absolute Gasteiger partial charge is 0.486 e. The predicted molar refractivity (Wildman–Crippen MR) is 75.0 cm³/mol. The molecule has 96 valence electrons. The lowest BCUT2D eigenvalue weighted by Gasteiger charge is -2.19. The minimum Gasteiger partial charge on any atom is -0.486 e. The standard InChI is InChI=1S/C15H11BrO3/c16-12-9-14-13(18-6-7-19-14)8-11(12)15(17)10-4-2-1-3-5-10/h1-5,8-9H,6-7H2. The fourth-order valence-corrected chi connectivity index (χ4v) is 2.49. The van der Waals surface area contributed by atoms with Crippen LogP contribution in [0.4, 0.5) is 0 Å². The number of rotatable bonds is 2. The molecule has 0 saturated heterocycles. The van der Waals surface area contributed by atoms with Crippen molar-refractivity contribution in [1.29, 1.82) is 0 Å². The van der Waals surface area contributed by atoms with Gasteiger partial charge < -0.3 is 9.47 Å². The highest BCUT2D eigenvalue weighted by atomic mass is 79.9. The highest BCUT2D eigenvalue weighted by Crippen LogP contribution is 2.36. The van der Waals surface area contributed by atoms with Crippen LogP contribution in [-0.2, 0) is 0 Å². The maximum absolute atomic E-state index is 12.4. The van der Waals surface area contributed by atoms with Crippen molar-refractivity contribution in [2.24, 2.45) is 0 Å². The molecule has 3 rings (SSSR count). The first-order valence-corrected chi connectivity index (χ1v) is 6.74. The average molecular weight is 319 g/mol. The minimum atomic E-state index is -0.0375. The fraction of sp³-hybridized carbons (Fsp3) is 0.133. The van der Waals surface area contributed by atoms with Gasteiger partial charge in [0.25, 0.3) is 0 Å². The molecule has 0 aromatic heterocycles. The maximum Gasteiger partial charge on any atom is 0.194 e. The second-order valence-electron chi connectivity index (χ2n) is 4.17. The summed E-state index contributed by atoms with van der Waals surface area (Å²) in [6.45, 7) is 1.04. The molecule has 0 unspecified atom stereocenters. The average Bonchev–Trinajstić information content (AvgIpc) is 2.47. The van der Waals surface area contributed by atoms with E-state index >= 15 is 0 Å². The van der Waals surface area contributed by atoms with Gasteiger partial charge in [0.2, 0.25) is 0 Å². The van der Waals surface area contributed by atoms with Gasteiger partial charge in [0.1, 0.15) is 13.2 Å². The summed E-state index contributed by atoms with van der Waals surface area (Å²) in [6.07, 6.45) is 0. The molecule has 2 aromatic carbocycles. The molecule has 0 atom stereocenters. The number of ketones is 1. The van der Waals surface area contributed by atoms with E-state index in [0.29, 0.717) is 40.3 Å². The van der Waals surface area contributed by atoms with E-state index in [1.807, 2.05) is 18.2 Å². The first-order chi connectivity index (χ1) is 9.25. The van der Waals surface area contributed by atoms with Crippen molar-refractivity contribution in [2.75, 3.05) is 13.2 Å². The molecule has 1 aliphatic heterocycles. The second kappa shape index (κ2) is 5.05. The summed E-state index contributed by atoms with van der Waals surface area (Å²) in [5.74, 6) is 1.25. The van der Waals surface area contributed by atoms with E-state index in [4.69, 9.17) is 9.47 Å². The highest BCUT2D eigenvalue weighted by Gasteiger charge is 2.19. The topological polar surface area (TPSA) is 35.5 Å². The molecule has 0 spiro atoms. The van der Waals surface area contributed by atoms with E-state index in [1.54, 1.807) is 24.3 Å². The predicted octanol–water partition coefficient (Wildman–Crippen LogP) is 3.45. The zero-order chi connectivity index (χ0) is 13.2. The molecule has 0 bridgehead atoms. The summed E-state index contributed by atoms with van der Waals surface area (Å²) in [7, 11) is 0. The first-order valence-electron chi connectivity index (χ1n) is 5.94. The van der Waals surface area contributed by atoms with Crippen molar-refractivity contribution in [3.63, 3.8) is 0 Å². The molecule has 0 radical (unpaired) electrons. The first kappa shape index (κ1) is 12.2. The quantitative estimate of drug-likeness (QED) is 0.796. The van der Waals surface area contributed by atoms with Crippen LogP contribution in [0, 0.1) is 0 Å². The number of halogens is 1. The number of benzene rings is 2. The van der Waals surface area contributed by atoms with Crippen LogP contribution in [-0.4, -0.2) is 19.0 Å². The molecule has 19 heavy (non-hydrogen) atoms. The van der Waals surface area contributed by atoms with E-state index in [2.05, 4.69) is 15.9 Å². The van der Waals surface area contributed by atoms with Crippen molar-refractivity contribution in [1.82, 2.24) is 0 Å². The van der Waals surface area contributed by atoms with Crippen LogP contribution < -0.4 is 9.47 Å². The number of fused-ring (bicyclic) bond motifs is 1. The summed E-state index contributed by atoms with van der Waals surface area (Å²) in [5, 5.41) is 0. The Morgan fingerprint density at radius 1 is 1.00 bits per heavy atom. The molecule has 0 fully saturated rings. The van der Waals surface area contributed by atoms with Gasteiger partial charge in [-0.3, -0.25) is 4.79 Å². The summed E-state index contributed by atoms with van der Waals surface area (Å²) >= 11 is 3.42. The highest BCUT2D eigenvalue weighted by molar-refractivity contribution is 9.10. The Hall–Kier alpha value is -1.81. The van der Waals surface area contributed by atoms with Crippen molar-refractivity contribution < 1.29 is 14.3 Å². The van der Waals surface area contributed by atoms with Gasteiger partial charge in [0, 0.05) is 15.6 Å². The third-order valence-corrected chi connectivity index (χ3v) is 3.57. The fourth-order valence-electron chi connectivity index (χ4n) is 1.98. The van der Waals surface area contributed by atoms with Gasteiger partial charge in [-0.2, -0.15) is 0 Å². The molecule has 0 N–H and O–H groups in total. The van der Waals surface area contributed by atoms with Crippen LogP contribution in [0.3, 0.4) is 0 Å². The van der Waals surface area contributed by atoms with Crippen molar-refractivity contribution in [2.45, 2.75) is 0 Å². The number of ether oxygens (including phenoxy) is 2. The van der Waals surface area contributed by atoms with Crippen LogP contribution in [0.2, 0.25) is 0 Å². The summed E-state index contributed by atoms with van der Waals surface area (Å²) in [4.78, 5) is 12.4. The molecule has 3 nitrogen and oxygen atoms in total. The number of hydrogen-bond acceptors (Lipinski definition) is 3. The molecule has 1 aliphatic rings. The van der Waals surface area contributed by atoms with E-state index in [-0.39, 0.29) is 5.78 Å². The molecule has 4 heteroatoms. The Morgan fingerprint density at radius 2 is 1.63 bits per heavy atom. The monoisotopic (exact) mass is 318 g/mol. The van der Waals surface area contributed by atoms with Crippen LogP contribution >= 0.6 is 15.9 Å². The van der Waals surface area contributed by atoms with Gasteiger partial charge in [0.05, 0.1) is 0 Å². The lowest BCUT2D eigenvalue weighted by atomic mass is 10.0. The third-order valence-electron chi connectivity index (χ3n) is 2.91. The smallest absolute Gasteiger partial charge is 0.194 e. The van der Waals surface area contributed by atoms with Gasteiger partial charge in [-0.25, -0.2) is 0 Å². The van der Waals surface area contributed by atoms with Gasteiger partial charge in [-0.05, 0) is 28.1 Å². The Morgan fingerprint density at radius 3 is 2.32 bits per heavy atom. The molecule has 0 amide bonds. The van der Waals surface area contributed by atoms with Gasteiger partial charge in [0.15, 0.2) is 17.3 Å². The van der Waals surface area contributed by atoms with Crippen LogP contribution in [0.5, 0.6) is 11.5 Å². The van der Waals surface area contributed by atoms with Crippen LogP contribution in [0.25, 0.3) is 0 Å². The van der Waals surface area contributed by atoms with E-state index in [1.165, 1.54) is 0 Å². The van der Waals surface area contributed by atoms with E-state index in [0.717, 1.165) is 0 Å². The third kappa shape index (κ3) is 2.36. The van der Waals surface area contributed by atoms with Gasteiger partial charge in [-0.15, -0.1) is 0 Å². The molecule has 0 saturated carbocycles. The van der Waals surface area contributed by atoms with Gasteiger partial charge in [-0.1, -0.05) is 30.3 Å². The number of carbonyl (C=O) groups is 1. The zero-order valence-electron chi connectivity index (χ0n) is 10.1. The number of hydrogen-bond donors (Lipinski definition) is 0. The molecule has 0 aliphatic carbocycles. The molecule has 2 aromatic rings. The molecular weight excluding hydrogens is 308 g/mol. The van der Waals surface area contributed by atoms with Gasteiger partial charge >= 0.3 is 0 Å². The maximum atomic E-state index is 12.4. The Kier molecular flexibility index (Phi) is 3.25. The lowest BCUT2D eigenvalue weighted by molar-refractivity contribution is 0.103. The minimum absolute atomic E-state index is 0.0375. The summed E-state index contributed by atoms with van der Waals surface area (Å²) < 4.78 is 11.7. The van der Waals surface area contributed by atoms with Crippen LogP contribution in [0.1, 0.15) is 15.9 Å². The number of carbonyl (C=O) groups excluding carboxylic acids is 1. The summed E-state index contributed by atoms with van der Waals surface area (Å²) in [6, 6.07) is 12.7. The van der Waals surface area contributed by atoms with E-state index in [9.17, 15) is 4.79 Å². The van der Waals surface area contributed by atoms with Crippen molar-refractivity contribution in [3.05, 3.63) is 58.1 Å². The normalized spacial score (nSPS) is 13.1. The molecule has 1 heterocycles. The van der Waals surface area contributed by atoms with E-state index < -0.39 is 0 Å². The lowest BCUT2D eigenvalue weighted by Crippen LogP contribution is -2.16. The van der Waals surface area contributed by atoms with Crippen LogP contribution in [0.15, 0.2) is 46.9 Å². The second-order valence-corrected chi connectivity index (χ2v) is 5.03. The SMILES string of the molecule is O=C(c1ccccc1)c1cc2c(cc1Br)OCCO2. The van der Waals surface area contributed by atoms with Crippen molar-refractivity contribution in [3.8, 4) is 11.5 Å². The Bertz CT molecular complexity index is 623. The zero-order valence-corrected chi connectivity index (χ0v) is 11.6. The Balaban J connectivity index is 2.03. The Labute approximate surface area is 119 Å². The molecular formula is C15H11BrO3. The summed E-state index contributed by atoms with van der Waals surface area (Å²) in [5.41, 5.74) is 1.23. The van der Waals surface area contributed by atoms with Crippen molar-refractivity contribution >= 4 is 21.7 Å².